The van der Waals surface area contributed by atoms with E-state index in [0.29, 0.717) is 30.7 Å². The quantitative estimate of drug-likeness (QED) is 0.248. The second-order valence-electron chi connectivity index (χ2n) is 14.2. The number of hydrogen-bond acceptors (Lipinski definition) is 7. The molecule has 266 valence electrons. The lowest BCUT2D eigenvalue weighted by molar-refractivity contribution is -0.145. The van der Waals surface area contributed by atoms with Gasteiger partial charge in [0, 0.05) is 35.3 Å². The minimum absolute atomic E-state index is 0.0115. The maximum Gasteiger partial charge on any atom is 0.408 e. The molecule has 1 aromatic heterocycles. The van der Waals surface area contributed by atoms with Gasteiger partial charge in [0.2, 0.25) is 11.8 Å². The van der Waals surface area contributed by atoms with Crippen LogP contribution in [0.4, 0.5) is 4.79 Å². The number of benzene rings is 2. The van der Waals surface area contributed by atoms with Crippen molar-refractivity contribution in [2.75, 3.05) is 6.54 Å². The molecule has 0 spiro atoms. The number of carbonyl (C=O) groups is 4. The molecule has 11 heteroatoms. The molecule has 3 N–H and O–H groups in total. The van der Waals surface area contributed by atoms with Crippen LogP contribution in [-0.4, -0.2) is 75.2 Å². The van der Waals surface area contributed by atoms with Crippen LogP contribution < -0.4 is 15.4 Å². The zero-order valence-electron chi connectivity index (χ0n) is 28.8. The molecule has 2 aliphatic carbocycles. The summed E-state index contributed by atoms with van der Waals surface area (Å²) in [6.07, 6.45) is 8.64. The second-order valence-corrected chi connectivity index (χ2v) is 14.2. The number of alkyl carbamates (subject to hydrolysis) is 1. The van der Waals surface area contributed by atoms with Crippen molar-refractivity contribution in [2.24, 2.45) is 11.8 Å². The van der Waals surface area contributed by atoms with Crippen molar-refractivity contribution in [2.45, 2.75) is 88.1 Å². The first-order valence-electron chi connectivity index (χ1n) is 18.0. The molecule has 3 amide bonds. The van der Waals surface area contributed by atoms with Crippen LogP contribution in [-0.2, 0) is 19.1 Å². The number of rotatable bonds is 8. The van der Waals surface area contributed by atoms with Gasteiger partial charge < -0.3 is 30.1 Å². The van der Waals surface area contributed by atoms with Gasteiger partial charge in [0.25, 0.3) is 0 Å². The molecule has 11 nitrogen and oxygen atoms in total. The number of ether oxygens (including phenoxy) is 2. The molecule has 4 aliphatic rings. The molecule has 7 atom stereocenters. The summed E-state index contributed by atoms with van der Waals surface area (Å²) in [5, 5.41) is 16.4. The van der Waals surface area contributed by atoms with Gasteiger partial charge in [0.05, 0.1) is 17.8 Å². The zero-order chi connectivity index (χ0) is 35.7. The number of pyridine rings is 1. The molecule has 3 aromatic rings. The Morgan fingerprint density at radius 3 is 2.71 bits per heavy atom. The summed E-state index contributed by atoms with van der Waals surface area (Å²) in [6, 6.07) is 15.7. The number of carboxylic acid groups (broad SMARTS) is 1. The number of carbonyl (C=O) groups excluding carboxylic acids is 3. The number of nitrogens with one attached hydrogen (secondary N) is 2. The van der Waals surface area contributed by atoms with E-state index < -0.39 is 53.5 Å². The third kappa shape index (κ3) is 6.94. The Kier molecular flexibility index (Phi) is 9.54. The Balaban J connectivity index is 1.30. The smallest absolute Gasteiger partial charge is 0.408 e. The number of nitrogens with zero attached hydrogens (tertiary/aromatic N) is 2. The van der Waals surface area contributed by atoms with Crippen LogP contribution in [0.25, 0.3) is 28.2 Å². The molecule has 2 aliphatic heterocycles. The molecule has 3 heterocycles. The van der Waals surface area contributed by atoms with Crippen molar-refractivity contribution in [3.8, 4) is 17.0 Å². The van der Waals surface area contributed by atoms with Gasteiger partial charge in [0.1, 0.15) is 35.6 Å². The molecule has 3 fully saturated rings. The van der Waals surface area contributed by atoms with Gasteiger partial charge in [-0.1, -0.05) is 74.4 Å². The van der Waals surface area contributed by atoms with Gasteiger partial charge in [-0.2, -0.15) is 0 Å². The van der Waals surface area contributed by atoms with Crippen molar-refractivity contribution >= 4 is 40.9 Å². The summed E-state index contributed by atoms with van der Waals surface area (Å²) < 4.78 is 12.7. The van der Waals surface area contributed by atoms with E-state index in [1.54, 1.807) is 0 Å². The van der Waals surface area contributed by atoms with Crippen molar-refractivity contribution in [1.29, 1.82) is 0 Å². The van der Waals surface area contributed by atoms with E-state index in [4.69, 9.17) is 14.5 Å². The van der Waals surface area contributed by atoms with Gasteiger partial charge in [-0.3, -0.25) is 9.59 Å². The van der Waals surface area contributed by atoms with Crippen molar-refractivity contribution < 1.29 is 33.8 Å². The molecular weight excluding hydrogens is 648 g/mol. The fourth-order valence-corrected chi connectivity index (χ4v) is 7.78. The van der Waals surface area contributed by atoms with Crippen LogP contribution in [0, 0.1) is 11.8 Å². The Bertz CT molecular complexity index is 1880. The molecule has 2 aromatic carbocycles. The van der Waals surface area contributed by atoms with Crippen molar-refractivity contribution in [3.63, 3.8) is 0 Å². The lowest BCUT2D eigenvalue weighted by Crippen LogP contribution is -2.56. The number of amides is 3. The number of aromatic nitrogens is 1. The van der Waals surface area contributed by atoms with E-state index in [2.05, 4.69) is 23.3 Å². The van der Waals surface area contributed by atoms with Gasteiger partial charge in [-0.15, -0.1) is 6.58 Å². The van der Waals surface area contributed by atoms with Gasteiger partial charge in [-0.05, 0) is 49.8 Å². The van der Waals surface area contributed by atoms with Gasteiger partial charge in [-0.25, -0.2) is 14.6 Å². The second kappa shape index (κ2) is 14.2. The fourth-order valence-electron chi connectivity index (χ4n) is 7.78. The minimum atomic E-state index is -1.47. The maximum atomic E-state index is 14.4. The first-order valence-corrected chi connectivity index (χ1v) is 18.0. The summed E-state index contributed by atoms with van der Waals surface area (Å²) in [7, 11) is 0. The highest BCUT2D eigenvalue weighted by Crippen LogP contribution is 2.45. The number of aliphatic carboxylic acids is 1. The van der Waals surface area contributed by atoms with Crippen molar-refractivity contribution in [3.05, 3.63) is 78.9 Å². The summed E-state index contributed by atoms with van der Waals surface area (Å²) in [5.41, 5.74) is 1.81. The van der Waals surface area contributed by atoms with E-state index in [-0.39, 0.29) is 31.4 Å². The van der Waals surface area contributed by atoms with Gasteiger partial charge in [0.15, 0.2) is 0 Å². The van der Waals surface area contributed by atoms with E-state index in [1.807, 2.05) is 67.6 Å². The van der Waals surface area contributed by atoms with Crippen molar-refractivity contribution in [1.82, 2.24) is 20.5 Å². The highest BCUT2D eigenvalue weighted by atomic mass is 16.6. The monoisotopic (exact) mass is 692 g/mol. The standard InChI is InChI=1S/C40H44N4O7/c1-3-5-13-31-37(46)44-23-28(20-33(44)36(45)43-40(38(47)48)22-27(40)4-2)50-35-21-32(25-10-7-6-8-11-25)41-30-18-16-24(19-29(30)35)15-17-26-12-9-14-34(26)51-39(49)42-31/h4,6-8,10-11,15-19,21,26-28,31,33-34H,2-3,5,9,12-14,20,22-23H2,1H3,(H,42,49)(H,43,45)(H,47,48)/b17-15+/t26-,27-,28-,31+,33+,34+,40-/m1/s1. The van der Waals surface area contributed by atoms with Crippen LogP contribution in [0.1, 0.15) is 63.9 Å². The van der Waals surface area contributed by atoms with E-state index in [9.17, 15) is 24.3 Å². The lowest BCUT2D eigenvalue weighted by Gasteiger charge is -2.29. The van der Waals surface area contributed by atoms with E-state index in [1.165, 1.54) is 11.0 Å². The fraction of sp³-hybridized carbons (Fsp3) is 0.425. The number of hydrogen-bond donors (Lipinski definition) is 3. The largest absolute Gasteiger partial charge is 0.488 e. The van der Waals surface area contributed by atoms with E-state index >= 15 is 0 Å². The lowest BCUT2D eigenvalue weighted by atomic mass is 10.0. The average Bonchev–Trinajstić information content (AvgIpc) is 3.42. The van der Waals surface area contributed by atoms with Crippen LogP contribution >= 0.6 is 0 Å². The molecule has 1 saturated heterocycles. The van der Waals surface area contributed by atoms with Crippen LogP contribution in [0.15, 0.2) is 73.3 Å². The predicted molar refractivity (Wildman–Crippen MR) is 192 cm³/mol. The SMILES string of the molecule is C=C[C@@H]1C[C@]1(NC(=O)[C@@H]1C[C@@H]2CN1C(=O)[C@H](CCCC)NC(=O)O[C@H]1CCC[C@@H]1/C=C/c1ccc3nc(-c4ccccc4)cc(c3c1)O2)C(=O)O. The summed E-state index contributed by atoms with van der Waals surface area (Å²) in [4.78, 5) is 60.5. The Morgan fingerprint density at radius 1 is 1.14 bits per heavy atom. The zero-order valence-corrected chi connectivity index (χ0v) is 28.8. The Labute approximate surface area is 297 Å². The summed E-state index contributed by atoms with van der Waals surface area (Å²) in [6.45, 7) is 5.78. The molecule has 51 heavy (non-hydrogen) atoms. The van der Waals surface area contributed by atoms with Crippen LogP contribution in [0.3, 0.4) is 0 Å². The number of carboxylic acids is 1. The number of unbranched alkanes of at least 4 members (excludes halogenated alkanes) is 1. The molecule has 7 rings (SSSR count). The average molecular weight is 693 g/mol. The highest BCUT2D eigenvalue weighted by Gasteiger charge is 2.61. The van der Waals surface area contributed by atoms with Crippen LogP contribution in [0.2, 0.25) is 0 Å². The predicted octanol–water partition coefficient (Wildman–Crippen LogP) is 5.88. The van der Waals surface area contributed by atoms with Crippen LogP contribution in [0.5, 0.6) is 5.75 Å². The normalized spacial score (nSPS) is 29.3. The topological polar surface area (TPSA) is 147 Å². The maximum absolute atomic E-state index is 14.4. The number of fused-ring (bicyclic) bond motifs is 4. The third-order valence-electron chi connectivity index (χ3n) is 10.8. The molecule has 2 saturated carbocycles. The highest BCUT2D eigenvalue weighted by molar-refractivity contribution is 5.96. The summed E-state index contributed by atoms with van der Waals surface area (Å²) in [5.74, 6) is -2.03. The minimum Gasteiger partial charge on any atom is -0.488 e. The summed E-state index contributed by atoms with van der Waals surface area (Å²) >= 11 is 0. The third-order valence-corrected chi connectivity index (χ3v) is 10.8. The first-order chi connectivity index (χ1) is 24.7. The molecule has 0 radical (unpaired) electrons. The molecule has 0 unspecified atom stereocenters. The first kappa shape index (κ1) is 34.3. The Morgan fingerprint density at radius 2 is 1.96 bits per heavy atom. The Hall–Kier alpha value is -5.19. The molecular formula is C40H44N4O7. The van der Waals surface area contributed by atoms with Gasteiger partial charge >= 0.3 is 12.1 Å². The molecule has 4 bridgehead atoms. The van der Waals surface area contributed by atoms with E-state index in [0.717, 1.165) is 41.3 Å².